The van der Waals surface area contributed by atoms with E-state index < -0.39 is 20.0 Å². The van der Waals surface area contributed by atoms with Gasteiger partial charge in [0.15, 0.2) is 0 Å². The molecule has 1 N–H and O–H groups in total. The summed E-state index contributed by atoms with van der Waals surface area (Å²) in [6, 6.07) is 6.77. The number of hydrogen-bond donors (Lipinski definition) is 1. The molecule has 1 aromatic heterocycles. The van der Waals surface area contributed by atoms with E-state index in [9.17, 15) is 16.8 Å². The maximum atomic E-state index is 12.6. The highest BCUT2D eigenvalue weighted by molar-refractivity contribution is 7.91. The van der Waals surface area contributed by atoms with Gasteiger partial charge < -0.3 is 0 Å². The van der Waals surface area contributed by atoms with E-state index in [0.29, 0.717) is 16.0 Å². The monoisotopic (exact) mass is 402 g/mol. The van der Waals surface area contributed by atoms with Crippen molar-refractivity contribution in [2.75, 3.05) is 14.1 Å². The van der Waals surface area contributed by atoms with Crippen LogP contribution in [-0.4, -0.2) is 35.2 Å². The molecule has 0 saturated carbocycles. The molecule has 0 aliphatic rings. The predicted molar refractivity (Wildman–Crippen MR) is 99.9 cm³/mol. The Morgan fingerprint density at radius 3 is 2.08 bits per heavy atom. The van der Waals surface area contributed by atoms with Gasteiger partial charge in [-0.1, -0.05) is 17.7 Å². The number of sulfonamides is 2. The third kappa shape index (κ3) is 4.29. The standard InChI is InChI=1S/C16H22N2O4S3/c1-11-8-12(2)16(13(3)9-11)24(19,20)17-10-14-6-7-15(23-14)25(21,22)18(4)5/h6-9,17H,10H2,1-5H3. The quantitative estimate of drug-likeness (QED) is 0.804. The summed E-state index contributed by atoms with van der Waals surface area (Å²) in [5.74, 6) is 0. The average Bonchev–Trinajstić information content (AvgIpc) is 2.93. The molecule has 0 bridgehead atoms. The smallest absolute Gasteiger partial charge is 0.207 e. The van der Waals surface area contributed by atoms with Gasteiger partial charge in [0, 0.05) is 25.5 Å². The molecule has 0 unspecified atom stereocenters. The predicted octanol–water partition coefficient (Wildman–Crippen LogP) is 2.40. The third-order valence-electron chi connectivity index (χ3n) is 3.68. The van der Waals surface area contributed by atoms with Gasteiger partial charge in [0.25, 0.3) is 10.0 Å². The largest absolute Gasteiger partial charge is 0.252 e. The van der Waals surface area contributed by atoms with E-state index in [2.05, 4.69) is 4.72 Å². The summed E-state index contributed by atoms with van der Waals surface area (Å²) in [4.78, 5) is 0.905. The van der Waals surface area contributed by atoms with Crippen LogP contribution in [0.4, 0.5) is 0 Å². The van der Waals surface area contributed by atoms with Crippen molar-refractivity contribution in [1.82, 2.24) is 9.03 Å². The van der Waals surface area contributed by atoms with E-state index in [-0.39, 0.29) is 15.6 Å². The minimum Gasteiger partial charge on any atom is -0.207 e. The van der Waals surface area contributed by atoms with Crippen molar-refractivity contribution in [2.24, 2.45) is 0 Å². The maximum Gasteiger partial charge on any atom is 0.252 e. The van der Waals surface area contributed by atoms with E-state index in [1.54, 1.807) is 19.9 Å². The molecule has 0 spiro atoms. The van der Waals surface area contributed by atoms with Crippen LogP contribution in [0.25, 0.3) is 0 Å². The van der Waals surface area contributed by atoms with Gasteiger partial charge in [-0.2, -0.15) is 0 Å². The van der Waals surface area contributed by atoms with Crippen molar-refractivity contribution >= 4 is 31.4 Å². The van der Waals surface area contributed by atoms with Crippen molar-refractivity contribution in [1.29, 1.82) is 0 Å². The number of nitrogens with zero attached hydrogens (tertiary/aromatic N) is 1. The lowest BCUT2D eigenvalue weighted by molar-refractivity contribution is 0.523. The molecule has 1 heterocycles. The van der Waals surface area contributed by atoms with Crippen molar-refractivity contribution in [2.45, 2.75) is 36.4 Å². The minimum absolute atomic E-state index is 0.0444. The summed E-state index contributed by atoms with van der Waals surface area (Å²) in [7, 11) is -4.27. The molecule has 2 aromatic rings. The zero-order valence-electron chi connectivity index (χ0n) is 14.8. The summed E-state index contributed by atoms with van der Waals surface area (Å²) in [6.07, 6.45) is 0. The van der Waals surface area contributed by atoms with Crippen molar-refractivity contribution < 1.29 is 16.8 Å². The second kappa shape index (κ2) is 7.16. The van der Waals surface area contributed by atoms with Crippen molar-refractivity contribution in [3.63, 3.8) is 0 Å². The Hall–Kier alpha value is -1.26. The first-order chi connectivity index (χ1) is 11.4. The highest BCUT2D eigenvalue weighted by Gasteiger charge is 2.22. The molecule has 6 nitrogen and oxygen atoms in total. The molecule has 0 aliphatic heterocycles. The first-order valence-electron chi connectivity index (χ1n) is 7.54. The molecule has 2 rings (SSSR count). The van der Waals surface area contributed by atoms with Crippen LogP contribution in [-0.2, 0) is 26.6 Å². The summed E-state index contributed by atoms with van der Waals surface area (Å²) >= 11 is 1.06. The molecule has 0 radical (unpaired) electrons. The Morgan fingerprint density at radius 1 is 1.00 bits per heavy atom. The molecule has 25 heavy (non-hydrogen) atoms. The molecule has 0 fully saturated rings. The molecule has 0 atom stereocenters. The zero-order chi connectivity index (χ0) is 19.0. The fraction of sp³-hybridized carbons (Fsp3) is 0.375. The number of thiophene rings is 1. The lowest BCUT2D eigenvalue weighted by atomic mass is 10.1. The second-order valence-electron chi connectivity index (χ2n) is 6.06. The van der Waals surface area contributed by atoms with Gasteiger partial charge in [-0.05, 0) is 44.0 Å². The Balaban J connectivity index is 2.24. The first kappa shape index (κ1) is 20.1. The lowest BCUT2D eigenvalue weighted by Crippen LogP contribution is -2.24. The first-order valence-corrected chi connectivity index (χ1v) is 11.3. The molecule has 0 saturated heterocycles. The summed E-state index contributed by atoms with van der Waals surface area (Å²) < 4.78 is 53.3. The molecular weight excluding hydrogens is 380 g/mol. The molecule has 9 heteroatoms. The second-order valence-corrected chi connectivity index (χ2v) is 11.3. The van der Waals surface area contributed by atoms with E-state index in [4.69, 9.17) is 0 Å². The van der Waals surface area contributed by atoms with Crippen LogP contribution < -0.4 is 4.72 Å². The van der Waals surface area contributed by atoms with E-state index in [0.717, 1.165) is 21.2 Å². The molecule has 1 aromatic carbocycles. The van der Waals surface area contributed by atoms with E-state index in [1.165, 1.54) is 20.2 Å². The summed E-state index contributed by atoms with van der Waals surface area (Å²) in [5, 5.41) is 0. The normalized spacial score (nSPS) is 12.7. The fourth-order valence-electron chi connectivity index (χ4n) is 2.60. The van der Waals surface area contributed by atoms with Gasteiger partial charge in [-0.25, -0.2) is 25.9 Å². The number of hydrogen-bond acceptors (Lipinski definition) is 5. The summed E-state index contributed by atoms with van der Waals surface area (Å²) in [6.45, 7) is 5.49. The Labute approximate surface area is 153 Å². The highest BCUT2D eigenvalue weighted by Crippen LogP contribution is 2.25. The van der Waals surface area contributed by atoms with Crippen LogP contribution in [0.2, 0.25) is 0 Å². The van der Waals surface area contributed by atoms with Gasteiger partial charge >= 0.3 is 0 Å². The molecule has 138 valence electrons. The summed E-state index contributed by atoms with van der Waals surface area (Å²) in [5.41, 5.74) is 2.38. The molecular formula is C16H22N2O4S3. The van der Waals surface area contributed by atoms with Gasteiger partial charge in [-0.15, -0.1) is 11.3 Å². The number of benzene rings is 1. The Morgan fingerprint density at radius 2 is 1.56 bits per heavy atom. The van der Waals surface area contributed by atoms with Crippen molar-refractivity contribution in [3.05, 3.63) is 45.8 Å². The Kier molecular flexibility index (Phi) is 5.75. The van der Waals surface area contributed by atoms with Gasteiger partial charge in [0.05, 0.1) is 4.90 Å². The van der Waals surface area contributed by atoms with E-state index in [1.807, 2.05) is 19.1 Å². The topological polar surface area (TPSA) is 83.5 Å². The van der Waals surface area contributed by atoms with Gasteiger partial charge in [0.2, 0.25) is 10.0 Å². The molecule has 0 aliphatic carbocycles. The lowest BCUT2D eigenvalue weighted by Gasteiger charge is -2.12. The van der Waals surface area contributed by atoms with Crippen LogP contribution in [0, 0.1) is 20.8 Å². The zero-order valence-corrected chi connectivity index (χ0v) is 17.3. The van der Waals surface area contributed by atoms with Crippen LogP contribution in [0.5, 0.6) is 0 Å². The fourth-order valence-corrected chi connectivity index (χ4v) is 6.61. The van der Waals surface area contributed by atoms with E-state index >= 15 is 0 Å². The number of aryl methyl sites for hydroxylation is 3. The SMILES string of the molecule is Cc1cc(C)c(S(=O)(=O)NCc2ccc(S(=O)(=O)N(C)C)s2)c(C)c1. The highest BCUT2D eigenvalue weighted by atomic mass is 32.2. The third-order valence-corrected chi connectivity index (χ3v) is 8.76. The minimum atomic E-state index is -3.68. The Bertz CT molecular complexity index is 967. The molecule has 0 amide bonds. The van der Waals surface area contributed by atoms with Crippen LogP contribution in [0.15, 0.2) is 33.4 Å². The number of nitrogens with one attached hydrogen (secondary N) is 1. The average molecular weight is 403 g/mol. The number of rotatable bonds is 6. The van der Waals surface area contributed by atoms with Crippen LogP contribution >= 0.6 is 11.3 Å². The van der Waals surface area contributed by atoms with Gasteiger partial charge in [0.1, 0.15) is 4.21 Å². The van der Waals surface area contributed by atoms with Gasteiger partial charge in [-0.3, -0.25) is 0 Å². The van der Waals surface area contributed by atoms with Crippen molar-refractivity contribution in [3.8, 4) is 0 Å². The van der Waals surface area contributed by atoms with Crippen LogP contribution in [0.3, 0.4) is 0 Å². The maximum absolute atomic E-state index is 12.6. The van der Waals surface area contributed by atoms with Crippen LogP contribution in [0.1, 0.15) is 21.6 Å².